The van der Waals surface area contributed by atoms with Gasteiger partial charge in [0.1, 0.15) is 5.01 Å². The topological polar surface area (TPSA) is 127 Å². The molecule has 1 unspecified atom stereocenters. The number of ether oxygens (including phenoxy) is 1. The molecule has 0 radical (unpaired) electrons. The number of nitrogens with two attached hydrogens (primary N) is 1. The van der Waals surface area contributed by atoms with Gasteiger partial charge in [0.2, 0.25) is 5.91 Å². The average molecular weight is 470 g/mol. The van der Waals surface area contributed by atoms with Crippen molar-refractivity contribution in [1.29, 1.82) is 0 Å². The summed E-state index contributed by atoms with van der Waals surface area (Å²) in [6, 6.07) is -1.61. The third kappa shape index (κ3) is 7.74. The molecule has 1 aromatic heterocycles. The number of amides is 3. The average Bonchev–Trinajstić information content (AvgIpc) is 3.25. The first-order chi connectivity index (χ1) is 15.1. The van der Waals surface area contributed by atoms with Crippen molar-refractivity contribution in [1.82, 2.24) is 20.5 Å². The second-order valence-corrected chi connectivity index (χ2v) is 9.15. The molecule has 1 heterocycles. The Balaban J connectivity index is 3.17. The number of aromatic nitrogens is 1. The number of hydrogen-bond donors (Lipinski definition) is 3. The van der Waals surface area contributed by atoms with E-state index in [2.05, 4.69) is 15.6 Å². The normalized spacial score (nSPS) is 14.9. The summed E-state index contributed by atoms with van der Waals surface area (Å²) in [5.74, 6) is -0.454. The maximum absolute atomic E-state index is 13.0. The zero-order valence-corrected chi connectivity index (χ0v) is 21.1. The summed E-state index contributed by atoms with van der Waals surface area (Å²) in [5.41, 5.74) is 6.41. The van der Waals surface area contributed by atoms with Gasteiger partial charge in [0, 0.05) is 25.0 Å². The van der Waals surface area contributed by atoms with Crippen molar-refractivity contribution < 1.29 is 19.1 Å². The van der Waals surface area contributed by atoms with Crippen LogP contribution in [-0.4, -0.2) is 60.1 Å². The fourth-order valence-electron chi connectivity index (χ4n) is 3.35. The molecule has 1 aromatic rings. The number of hydrogen-bond acceptors (Lipinski definition) is 7. The van der Waals surface area contributed by atoms with Gasteiger partial charge in [-0.25, -0.2) is 14.6 Å². The lowest BCUT2D eigenvalue weighted by molar-refractivity contribution is -0.135. The largest absolute Gasteiger partial charge is 0.461 e. The Bertz CT molecular complexity index is 754. The molecule has 4 N–H and O–H groups in total. The molecule has 0 aliphatic carbocycles. The molecule has 0 aliphatic rings. The number of carbonyl (C=O) groups is 3. The highest BCUT2D eigenvalue weighted by molar-refractivity contribution is 7.09. The predicted octanol–water partition coefficient (Wildman–Crippen LogP) is 2.93. The fourth-order valence-corrected chi connectivity index (χ4v) is 4.20. The van der Waals surface area contributed by atoms with Crippen molar-refractivity contribution >= 4 is 29.2 Å². The number of thiazole rings is 1. The van der Waals surface area contributed by atoms with Gasteiger partial charge in [-0.3, -0.25) is 4.79 Å². The van der Waals surface area contributed by atoms with Crippen LogP contribution in [0.25, 0.3) is 0 Å². The minimum atomic E-state index is -0.587. The van der Waals surface area contributed by atoms with Crippen LogP contribution in [0.2, 0.25) is 0 Å². The lowest BCUT2D eigenvalue weighted by Crippen LogP contribution is -2.51. The molecular weight excluding hydrogens is 430 g/mol. The van der Waals surface area contributed by atoms with Gasteiger partial charge >= 0.3 is 12.0 Å². The monoisotopic (exact) mass is 469 g/mol. The van der Waals surface area contributed by atoms with Crippen molar-refractivity contribution in [3.05, 3.63) is 16.1 Å². The van der Waals surface area contributed by atoms with E-state index in [0.717, 1.165) is 6.42 Å². The van der Waals surface area contributed by atoms with Crippen LogP contribution in [-0.2, 0) is 9.53 Å². The van der Waals surface area contributed by atoms with Crippen LogP contribution in [0.4, 0.5) is 4.79 Å². The summed E-state index contributed by atoms with van der Waals surface area (Å²) >= 11 is 1.28. The van der Waals surface area contributed by atoms with Crippen LogP contribution in [0.15, 0.2) is 5.38 Å². The molecule has 0 saturated carbocycles. The number of urea groups is 1. The van der Waals surface area contributed by atoms with Crippen LogP contribution in [0, 0.1) is 11.8 Å². The second-order valence-electron chi connectivity index (χ2n) is 8.26. The van der Waals surface area contributed by atoms with Gasteiger partial charge in [-0.05, 0) is 32.1 Å². The van der Waals surface area contributed by atoms with Crippen LogP contribution in [0.1, 0.15) is 75.9 Å². The lowest BCUT2D eigenvalue weighted by atomic mass is 9.93. The molecule has 0 spiro atoms. The van der Waals surface area contributed by atoms with Gasteiger partial charge in [-0.1, -0.05) is 34.1 Å². The van der Waals surface area contributed by atoms with E-state index in [4.69, 9.17) is 10.5 Å². The van der Waals surface area contributed by atoms with Crippen LogP contribution >= 0.6 is 11.3 Å². The van der Waals surface area contributed by atoms with Crippen molar-refractivity contribution in [2.75, 3.05) is 20.2 Å². The third-order valence-corrected chi connectivity index (χ3v) is 6.54. The Kier molecular flexibility index (Phi) is 11.6. The minimum absolute atomic E-state index is 0.0631. The molecule has 32 heavy (non-hydrogen) atoms. The van der Waals surface area contributed by atoms with Crippen molar-refractivity contribution in [3.63, 3.8) is 0 Å². The summed E-state index contributed by atoms with van der Waals surface area (Å²) in [7, 11) is 1.75. The molecule has 1 rings (SSSR count). The Morgan fingerprint density at radius 3 is 2.41 bits per heavy atom. The molecule has 10 heteroatoms. The maximum atomic E-state index is 13.0. The highest BCUT2D eigenvalue weighted by atomic mass is 32.1. The van der Waals surface area contributed by atoms with Crippen LogP contribution in [0.5, 0.6) is 0 Å². The van der Waals surface area contributed by atoms with Gasteiger partial charge in [0.05, 0.1) is 18.7 Å². The number of likely N-dealkylation sites (N-methyl/N-ethyl adjacent to an activating group) is 1. The van der Waals surface area contributed by atoms with Gasteiger partial charge in [0.25, 0.3) is 0 Å². The Morgan fingerprint density at radius 1 is 1.22 bits per heavy atom. The smallest absolute Gasteiger partial charge is 0.357 e. The van der Waals surface area contributed by atoms with E-state index in [1.54, 1.807) is 24.3 Å². The van der Waals surface area contributed by atoms with Crippen molar-refractivity contribution in [2.45, 2.75) is 72.5 Å². The lowest BCUT2D eigenvalue weighted by Gasteiger charge is -2.36. The number of nitrogens with one attached hydrogen (secondary N) is 2. The Morgan fingerprint density at radius 2 is 1.88 bits per heavy atom. The zero-order chi connectivity index (χ0) is 24.4. The van der Waals surface area contributed by atoms with E-state index in [-0.39, 0.29) is 42.1 Å². The Labute approximate surface area is 195 Å². The molecule has 0 fully saturated rings. The van der Waals surface area contributed by atoms with Gasteiger partial charge in [0.15, 0.2) is 5.69 Å². The van der Waals surface area contributed by atoms with E-state index >= 15 is 0 Å². The summed E-state index contributed by atoms with van der Waals surface area (Å²) in [4.78, 5) is 43.5. The SMILES string of the molecule is CCNC(=O)N[C@H](C[C@H](C(C)C)N(C)C(=O)[C@@H](N)C(C)CC)c1nc(C(=O)OCC)cs1. The summed E-state index contributed by atoms with van der Waals surface area (Å²) in [6.07, 6.45) is 1.24. The number of esters is 1. The van der Waals surface area contributed by atoms with E-state index < -0.39 is 18.1 Å². The molecule has 9 nitrogen and oxygen atoms in total. The number of rotatable bonds is 12. The molecule has 0 aliphatic heterocycles. The quantitative estimate of drug-likeness (QED) is 0.404. The Hall–Kier alpha value is -2.20. The highest BCUT2D eigenvalue weighted by Gasteiger charge is 2.32. The van der Waals surface area contributed by atoms with E-state index in [1.807, 2.05) is 34.6 Å². The highest BCUT2D eigenvalue weighted by Crippen LogP contribution is 2.28. The molecule has 3 amide bonds. The summed E-state index contributed by atoms with van der Waals surface area (Å²) in [5, 5.41) is 7.87. The molecule has 4 atom stereocenters. The van der Waals surface area contributed by atoms with Crippen molar-refractivity contribution in [3.8, 4) is 0 Å². The standard InChI is InChI=1S/C22H39N5O4S/c1-8-14(6)18(23)20(28)27(7)17(13(4)5)11-15(26-22(30)24-9-2)19-25-16(12-32-19)21(29)31-10-3/h12-15,17-18H,8-11,23H2,1-7H3,(H2,24,26,30)/t14?,15-,17-,18+/m1/s1. The van der Waals surface area contributed by atoms with E-state index in [0.29, 0.717) is 18.0 Å². The van der Waals surface area contributed by atoms with Gasteiger partial charge in [-0.15, -0.1) is 11.3 Å². The van der Waals surface area contributed by atoms with Gasteiger partial charge in [-0.2, -0.15) is 0 Å². The molecule has 0 bridgehead atoms. The second kappa shape index (κ2) is 13.4. The summed E-state index contributed by atoms with van der Waals surface area (Å²) < 4.78 is 5.03. The van der Waals surface area contributed by atoms with Gasteiger partial charge < -0.3 is 26.0 Å². The molecular formula is C22H39N5O4S. The third-order valence-electron chi connectivity index (χ3n) is 5.58. The first-order valence-electron chi connectivity index (χ1n) is 11.3. The van der Waals surface area contributed by atoms with E-state index in [1.165, 1.54) is 11.3 Å². The maximum Gasteiger partial charge on any atom is 0.357 e. The molecule has 182 valence electrons. The van der Waals surface area contributed by atoms with E-state index in [9.17, 15) is 14.4 Å². The minimum Gasteiger partial charge on any atom is -0.461 e. The first-order valence-corrected chi connectivity index (χ1v) is 12.1. The first kappa shape index (κ1) is 27.8. The molecule has 0 aromatic carbocycles. The van der Waals surface area contributed by atoms with Crippen LogP contribution in [0.3, 0.4) is 0 Å². The predicted molar refractivity (Wildman–Crippen MR) is 126 cm³/mol. The van der Waals surface area contributed by atoms with Crippen LogP contribution < -0.4 is 16.4 Å². The molecule has 0 saturated heterocycles. The number of carbonyl (C=O) groups excluding carboxylic acids is 3. The fraction of sp³-hybridized carbons (Fsp3) is 0.727. The zero-order valence-electron chi connectivity index (χ0n) is 20.3. The van der Waals surface area contributed by atoms with Crippen molar-refractivity contribution in [2.24, 2.45) is 17.6 Å². The summed E-state index contributed by atoms with van der Waals surface area (Å²) in [6.45, 7) is 12.3. The number of nitrogens with zero attached hydrogens (tertiary/aromatic N) is 2.